The van der Waals surface area contributed by atoms with Gasteiger partial charge in [-0.2, -0.15) is 0 Å². The number of piperidine rings is 1. The topological polar surface area (TPSA) is 77.6 Å². The molecule has 1 amide bonds. The summed E-state index contributed by atoms with van der Waals surface area (Å²) in [5, 5.41) is 2.17. The van der Waals surface area contributed by atoms with Crippen LogP contribution < -0.4 is 9.64 Å². The van der Waals surface area contributed by atoms with E-state index in [0.717, 1.165) is 79.3 Å². The Bertz CT molecular complexity index is 1450. The van der Waals surface area contributed by atoms with E-state index in [1.807, 2.05) is 23.4 Å². The van der Waals surface area contributed by atoms with Crippen LogP contribution in [0.25, 0.3) is 21.9 Å². The number of fused-ring (bicyclic) bond motifs is 3. The molecule has 1 N–H and O–H groups in total. The third-order valence-electron chi connectivity index (χ3n) is 7.58. The molecule has 10 heteroatoms. The van der Waals surface area contributed by atoms with Crippen LogP contribution in [0.3, 0.4) is 0 Å². The first kappa shape index (κ1) is 24.5. The molecule has 1 aromatic carbocycles. The summed E-state index contributed by atoms with van der Waals surface area (Å²) in [6, 6.07) is 7.42. The van der Waals surface area contributed by atoms with Crippen LogP contribution in [0.1, 0.15) is 12.8 Å². The minimum atomic E-state index is -0.706. The highest BCUT2D eigenvalue weighted by atomic mass is 19.1. The molecule has 0 saturated carbocycles. The van der Waals surface area contributed by atoms with Gasteiger partial charge in [0.05, 0.1) is 24.9 Å². The van der Waals surface area contributed by atoms with E-state index in [-0.39, 0.29) is 17.6 Å². The van der Waals surface area contributed by atoms with Crippen molar-refractivity contribution in [3.05, 3.63) is 60.6 Å². The average Bonchev–Trinajstić information content (AvgIpc) is 3.42. The van der Waals surface area contributed by atoms with E-state index >= 15 is 0 Å². The standard InChI is InChI=1S/C28H30F2N6O2/c29-20-3-4-25(22(30)14-20)38-18-19-2-1-9-36(16-19)26(37)17-34-10-12-35(13-11-34)24-6-8-31-23-15-33-28-21(27(23)24)5-7-32-28/h3-8,14-15,19,31H,1-2,9-13,16-18H2. The molecule has 5 heterocycles. The van der Waals surface area contributed by atoms with Crippen molar-refractivity contribution in [3.8, 4) is 5.75 Å². The van der Waals surface area contributed by atoms with Crippen molar-refractivity contribution in [1.82, 2.24) is 24.8 Å². The fourth-order valence-corrected chi connectivity index (χ4v) is 5.57. The van der Waals surface area contributed by atoms with E-state index in [1.54, 1.807) is 6.20 Å². The number of hydrogen-bond acceptors (Lipinski definition) is 6. The van der Waals surface area contributed by atoms with E-state index in [1.165, 1.54) is 12.1 Å². The van der Waals surface area contributed by atoms with Gasteiger partial charge in [-0.25, -0.2) is 18.7 Å². The molecule has 1 unspecified atom stereocenters. The fourth-order valence-electron chi connectivity index (χ4n) is 5.57. The summed E-state index contributed by atoms with van der Waals surface area (Å²) in [4.78, 5) is 31.7. The number of likely N-dealkylation sites (tertiary alicyclic amines) is 1. The number of amides is 1. The summed E-state index contributed by atoms with van der Waals surface area (Å²) in [6.07, 6.45) is 7.36. The maximum Gasteiger partial charge on any atom is 0.236 e. The number of H-pyrrole nitrogens is 1. The summed E-state index contributed by atoms with van der Waals surface area (Å²) in [5.41, 5.74) is 2.88. The number of halogens is 2. The number of hydrogen-bond donors (Lipinski definition) is 1. The monoisotopic (exact) mass is 520 g/mol. The summed E-state index contributed by atoms with van der Waals surface area (Å²) in [7, 11) is 0. The van der Waals surface area contributed by atoms with Crippen molar-refractivity contribution in [2.75, 3.05) is 57.3 Å². The van der Waals surface area contributed by atoms with E-state index in [0.29, 0.717) is 19.7 Å². The maximum absolute atomic E-state index is 13.9. The Morgan fingerprint density at radius 2 is 1.95 bits per heavy atom. The van der Waals surface area contributed by atoms with Crippen molar-refractivity contribution in [1.29, 1.82) is 0 Å². The van der Waals surface area contributed by atoms with Crippen molar-refractivity contribution < 1.29 is 18.3 Å². The molecule has 38 heavy (non-hydrogen) atoms. The number of nitrogens with one attached hydrogen (secondary N) is 1. The fraction of sp³-hybridized carbons (Fsp3) is 0.393. The lowest BCUT2D eigenvalue weighted by Crippen LogP contribution is -2.51. The molecule has 2 aliphatic rings. The zero-order chi connectivity index (χ0) is 26.1. The lowest BCUT2D eigenvalue weighted by molar-refractivity contribution is -0.134. The molecule has 4 aromatic rings. The average molecular weight is 521 g/mol. The van der Waals surface area contributed by atoms with E-state index in [9.17, 15) is 13.6 Å². The third kappa shape index (κ3) is 5.00. The third-order valence-corrected chi connectivity index (χ3v) is 7.58. The minimum Gasteiger partial charge on any atom is -0.490 e. The van der Waals surface area contributed by atoms with Gasteiger partial charge in [-0.15, -0.1) is 0 Å². The molecule has 0 radical (unpaired) electrons. The van der Waals surface area contributed by atoms with E-state index in [4.69, 9.17) is 4.74 Å². The van der Waals surface area contributed by atoms with E-state index < -0.39 is 11.6 Å². The zero-order valence-electron chi connectivity index (χ0n) is 21.1. The second kappa shape index (κ2) is 10.5. The smallest absolute Gasteiger partial charge is 0.236 e. The van der Waals surface area contributed by atoms with Gasteiger partial charge in [-0.1, -0.05) is 0 Å². The first-order valence-corrected chi connectivity index (χ1v) is 13.1. The molecular weight excluding hydrogens is 490 g/mol. The molecular formula is C28H30F2N6O2. The number of carbonyl (C=O) groups excluding carboxylic acids is 1. The van der Waals surface area contributed by atoms with Crippen LogP contribution in [0, 0.1) is 17.6 Å². The van der Waals surface area contributed by atoms with Gasteiger partial charge in [0, 0.05) is 80.1 Å². The van der Waals surface area contributed by atoms with E-state index in [2.05, 4.69) is 30.8 Å². The first-order valence-electron chi connectivity index (χ1n) is 13.1. The first-order chi connectivity index (χ1) is 18.5. The number of aromatic amines is 1. The van der Waals surface area contributed by atoms with Gasteiger partial charge in [0.25, 0.3) is 0 Å². The predicted molar refractivity (Wildman–Crippen MR) is 141 cm³/mol. The summed E-state index contributed by atoms with van der Waals surface area (Å²) >= 11 is 0. The molecule has 6 rings (SSSR count). The molecule has 1 atom stereocenters. The normalized spacial score (nSPS) is 18.8. The lowest BCUT2D eigenvalue weighted by Gasteiger charge is -2.38. The molecule has 0 bridgehead atoms. The molecule has 0 spiro atoms. The van der Waals surface area contributed by atoms with Crippen LogP contribution in [-0.2, 0) is 4.79 Å². The molecule has 3 aromatic heterocycles. The zero-order valence-corrected chi connectivity index (χ0v) is 21.1. The van der Waals surface area contributed by atoms with Gasteiger partial charge in [-0.3, -0.25) is 9.69 Å². The molecule has 198 valence electrons. The second-order valence-corrected chi connectivity index (χ2v) is 10.1. The molecule has 0 aliphatic carbocycles. The Morgan fingerprint density at radius 1 is 1.08 bits per heavy atom. The Labute approximate surface area is 219 Å². The second-order valence-electron chi connectivity index (χ2n) is 10.1. The van der Waals surface area contributed by atoms with Gasteiger partial charge in [0.15, 0.2) is 17.2 Å². The van der Waals surface area contributed by atoms with Crippen LogP contribution in [0.2, 0.25) is 0 Å². The Hall–Kier alpha value is -3.79. The number of piperazine rings is 1. The Kier molecular flexibility index (Phi) is 6.80. The van der Waals surface area contributed by atoms with Crippen LogP contribution in [0.15, 0.2) is 48.9 Å². The van der Waals surface area contributed by atoms with Crippen LogP contribution in [0.5, 0.6) is 5.75 Å². The Morgan fingerprint density at radius 3 is 2.79 bits per heavy atom. The van der Waals surface area contributed by atoms with Crippen LogP contribution >= 0.6 is 0 Å². The van der Waals surface area contributed by atoms with Crippen LogP contribution in [0.4, 0.5) is 14.5 Å². The number of pyridine rings is 2. The van der Waals surface area contributed by atoms with Crippen molar-refractivity contribution in [2.24, 2.45) is 5.92 Å². The maximum atomic E-state index is 13.9. The molecule has 2 fully saturated rings. The molecule has 2 aliphatic heterocycles. The SMILES string of the molecule is O=C(CN1CCN(c2cc[nH]c3cnc4nccc4c23)CC1)N1CCCC(COc2ccc(F)cc2F)C1. The summed E-state index contributed by atoms with van der Waals surface area (Å²) in [6.45, 7) is 5.24. The highest BCUT2D eigenvalue weighted by molar-refractivity contribution is 6.10. The number of aromatic nitrogens is 3. The number of nitrogens with zero attached hydrogens (tertiary/aromatic N) is 5. The number of ether oxygens (including phenoxy) is 1. The Balaban J connectivity index is 1.03. The summed E-state index contributed by atoms with van der Waals surface area (Å²) < 4.78 is 32.6. The van der Waals surface area contributed by atoms with Crippen molar-refractivity contribution in [2.45, 2.75) is 12.8 Å². The van der Waals surface area contributed by atoms with Gasteiger partial charge in [-0.05, 0) is 37.1 Å². The van der Waals surface area contributed by atoms with Gasteiger partial charge >= 0.3 is 0 Å². The quantitative estimate of drug-likeness (QED) is 0.417. The number of anilines is 1. The van der Waals surface area contributed by atoms with Crippen LogP contribution in [-0.4, -0.2) is 83.1 Å². The summed E-state index contributed by atoms with van der Waals surface area (Å²) in [5.74, 6) is -1.05. The molecule has 2 saturated heterocycles. The highest BCUT2D eigenvalue weighted by Crippen LogP contribution is 2.31. The largest absolute Gasteiger partial charge is 0.490 e. The van der Waals surface area contributed by atoms with Gasteiger partial charge < -0.3 is 19.5 Å². The van der Waals surface area contributed by atoms with Gasteiger partial charge in [0.2, 0.25) is 5.91 Å². The predicted octanol–water partition coefficient (Wildman–Crippen LogP) is 3.83. The molecule has 8 nitrogen and oxygen atoms in total. The van der Waals surface area contributed by atoms with Crippen molar-refractivity contribution in [3.63, 3.8) is 0 Å². The minimum absolute atomic E-state index is 0.0449. The lowest BCUT2D eigenvalue weighted by atomic mass is 9.99. The number of rotatable bonds is 6. The number of benzene rings is 1. The van der Waals surface area contributed by atoms with Crippen molar-refractivity contribution >= 4 is 33.5 Å². The highest BCUT2D eigenvalue weighted by Gasteiger charge is 2.27. The van der Waals surface area contributed by atoms with Gasteiger partial charge in [0.1, 0.15) is 5.82 Å². The number of carbonyl (C=O) groups is 1.